The Bertz CT molecular complexity index is 606. The molecule has 1 aliphatic rings. The number of aromatic nitrogens is 1. The summed E-state index contributed by atoms with van der Waals surface area (Å²) in [6, 6.07) is 4.55. The van der Waals surface area contributed by atoms with E-state index in [4.69, 9.17) is 17.3 Å². The van der Waals surface area contributed by atoms with E-state index in [0.29, 0.717) is 27.5 Å². The number of hydrogen-bond acceptors (Lipinski definition) is 2. The third-order valence-electron chi connectivity index (χ3n) is 3.66. The van der Waals surface area contributed by atoms with E-state index in [-0.39, 0.29) is 5.82 Å². The highest BCUT2D eigenvalue weighted by Gasteiger charge is 2.20. The Kier molecular flexibility index (Phi) is 2.86. The molecule has 94 valence electrons. The molecule has 2 N–H and O–H groups in total. The SMILES string of the molecule is Nc1cc(C2CCCC2)nc2c(Cl)cc(F)cc12. The standard InChI is InChI=1S/C14H14ClFN2/c15-11-6-9(16)5-10-12(17)7-13(18-14(10)11)8-3-1-2-4-8/h5-8H,1-4H2,(H2,17,18). The van der Waals surface area contributed by atoms with Gasteiger partial charge in [-0.25, -0.2) is 4.39 Å². The Balaban J connectivity index is 2.20. The highest BCUT2D eigenvalue weighted by molar-refractivity contribution is 6.35. The fourth-order valence-corrected chi connectivity index (χ4v) is 2.98. The van der Waals surface area contributed by atoms with Crippen molar-refractivity contribution in [3.05, 3.63) is 34.7 Å². The van der Waals surface area contributed by atoms with Crippen LogP contribution in [0, 0.1) is 5.82 Å². The van der Waals surface area contributed by atoms with Crippen molar-refractivity contribution in [3.63, 3.8) is 0 Å². The summed E-state index contributed by atoms with van der Waals surface area (Å²) in [5, 5.41) is 0.929. The molecule has 1 saturated carbocycles. The number of benzene rings is 1. The zero-order valence-electron chi connectivity index (χ0n) is 9.92. The molecule has 0 aliphatic heterocycles. The van der Waals surface area contributed by atoms with Crippen LogP contribution in [0.15, 0.2) is 18.2 Å². The van der Waals surface area contributed by atoms with Crippen molar-refractivity contribution >= 4 is 28.2 Å². The van der Waals surface area contributed by atoms with E-state index in [1.807, 2.05) is 6.07 Å². The van der Waals surface area contributed by atoms with Gasteiger partial charge in [-0.05, 0) is 31.0 Å². The molecule has 3 rings (SSSR count). The average Bonchev–Trinajstić information content (AvgIpc) is 2.83. The zero-order chi connectivity index (χ0) is 12.7. The van der Waals surface area contributed by atoms with E-state index in [0.717, 1.165) is 18.5 Å². The van der Waals surface area contributed by atoms with Crippen molar-refractivity contribution < 1.29 is 4.39 Å². The van der Waals surface area contributed by atoms with E-state index in [1.165, 1.54) is 25.0 Å². The molecular weight excluding hydrogens is 251 g/mol. The molecule has 0 spiro atoms. The number of hydrogen-bond donors (Lipinski definition) is 1. The van der Waals surface area contributed by atoms with Crippen molar-refractivity contribution in [1.29, 1.82) is 0 Å². The molecule has 2 aromatic rings. The number of rotatable bonds is 1. The van der Waals surface area contributed by atoms with Crippen LogP contribution in [0.25, 0.3) is 10.9 Å². The number of nitrogens with zero attached hydrogens (tertiary/aromatic N) is 1. The second-order valence-electron chi connectivity index (χ2n) is 4.90. The van der Waals surface area contributed by atoms with Gasteiger partial charge >= 0.3 is 0 Å². The first-order valence-corrected chi connectivity index (χ1v) is 6.58. The number of fused-ring (bicyclic) bond motifs is 1. The number of nitrogens with two attached hydrogens (primary N) is 1. The van der Waals surface area contributed by atoms with Crippen LogP contribution in [-0.2, 0) is 0 Å². The summed E-state index contributed by atoms with van der Waals surface area (Å²) in [6.07, 6.45) is 4.77. The van der Waals surface area contributed by atoms with Crippen LogP contribution >= 0.6 is 11.6 Å². The summed E-state index contributed by atoms with van der Waals surface area (Å²) < 4.78 is 13.3. The zero-order valence-corrected chi connectivity index (χ0v) is 10.7. The van der Waals surface area contributed by atoms with Crippen molar-refractivity contribution in [2.24, 2.45) is 0 Å². The van der Waals surface area contributed by atoms with Gasteiger partial charge in [0.15, 0.2) is 0 Å². The van der Waals surface area contributed by atoms with Gasteiger partial charge in [-0.1, -0.05) is 24.4 Å². The van der Waals surface area contributed by atoms with Gasteiger partial charge in [0, 0.05) is 22.7 Å². The Morgan fingerprint density at radius 1 is 1.22 bits per heavy atom. The summed E-state index contributed by atoms with van der Waals surface area (Å²) in [6.45, 7) is 0. The maximum atomic E-state index is 13.3. The maximum Gasteiger partial charge on any atom is 0.125 e. The third kappa shape index (κ3) is 1.93. The van der Waals surface area contributed by atoms with E-state index in [2.05, 4.69) is 4.98 Å². The number of anilines is 1. The highest BCUT2D eigenvalue weighted by atomic mass is 35.5. The van der Waals surface area contributed by atoms with Gasteiger partial charge in [-0.15, -0.1) is 0 Å². The van der Waals surface area contributed by atoms with E-state index in [9.17, 15) is 4.39 Å². The lowest BCUT2D eigenvalue weighted by Crippen LogP contribution is -2.00. The van der Waals surface area contributed by atoms with Gasteiger partial charge < -0.3 is 5.73 Å². The molecular formula is C14H14ClFN2. The van der Waals surface area contributed by atoms with Gasteiger partial charge in [0.2, 0.25) is 0 Å². The van der Waals surface area contributed by atoms with E-state index < -0.39 is 0 Å². The molecule has 0 bridgehead atoms. The number of halogens is 2. The lowest BCUT2D eigenvalue weighted by molar-refractivity contribution is 0.629. The number of pyridine rings is 1. The van der Waals surface area contributed by atoms with Crippen molar-refractivity contribution in [2.45, 2.75) is 31.6 Å². The fourth-order valence-electron chi connectivity index (χ4n) is 2.73. The molecule has 2 nitrogen and oxygen atoms in total. The minimum Gasteiger partial charge on any atom is -0.398 e. The van der Waals surface area contributed by atoms with Crippen molar-refractivity contribution in [2.75, 3.05) is 5.73 Å². The van der Waals surface area contributed by atoms with Crippen LogP contribution in [0.4, 0.5) is 10.1 Å². The fraction of sp³-hybridized carbons (Fsp3) is 0.357. The van der Waals surface area contributed by atoms with Gasteiger partial charge in [0.1, 0.15) is 5.82 Å². The Morgan fingerprint density at radius 3 is 2.67 bits per heavy atom. The molecule has 0 unspecified atom stereocenters. The first-order chi connectivity index (χ1) is 8.65. The maximum absolute atomic E-state index is 13.3. The molecule has 0 amide bonds. The van der Waals surface area contributed by atoms with E-state index >= 15 is 0 Å². The third-order valence-corrected chi connectivity index (χ3v) is 3.95. The quantitative estimate of drug-likeness (QED) is 0.835. The van der Waals surface area contributed by atoms with Crippen LogP contribution in [-0.4, -0.2) is 4.98 Å². The smallest absolute Gasteiger partial charge is 0.125 e. The van der Waals surface area contributed by atoms with Gasteiger partial charge in [0.25, 0.3) is 0 Å². The van der Waals surface area contributed by atoms with Gasteiger partial charge in [-0.2, -0.15) is 0 Å². The molecule has 0 saturated heterocycles. The first kappa shape index (κ1) is 11.7. The van der Waals surface area contributed by atoms with Gasteiger partial charge in [0.05, 0.1) is 10.5 Å². The van der Waals surface area contributed by atoms with Crippen LogP contribution in [0.1, 0.15) is 37.3 Å². The largest absolute Gasteiger partial charge is 0.398 e. The summed E-state index contributed by atoms with van der Waals surface area (Å²) >= 11 is 6.05. The normalized spacial score (nSPS) is 16.6. The molecule has 0 atom stereocenters. The predicted molar refractivity (Wildman–Crippen MR) is 72.3 cm³/mol. The van der Waals surface area contributed by atoms with Crippen LogP contribution < -0.4 is 5.73 Å². The van der Waals surface area contributed by atoms with Crippen molar-refractivity contribution in [1.82, 2.24) is 4.98 Å². The second-order valence-corrected chi connectivity index (χ2v) is 5.31. The predicted octanol–water partition coefficient (Wildman–Crippen LogP) is 4.27. The summed E-state index contributed by atoms with van der Waals surface area (Å²) in [5.74, 6) is 0.0902. The molecule has 4 heteroatoms. The lowest BCUT2D eigenvalue weighted by Gasteiger charge is -2.12. The van der Waals surface area contributed by atoms with Crippen LogP contribution in [0.5, 0.6) is 0 Å². The molecule has 1 heterocycles. The minimum atomic E-state index is -0.380. The first-order valence-electron chi connectivity index (χ1n) is 6.20. The minimum absolute atomic E-state index is 0.330. The highest BCUT2D eigenvalue weighted by Crippen LogP contribution is 2.36. The monoisotopic (exact) mass is 264 g/mol. The number of nitrogen functional groups attached to an aromatic ring is 1. The summed E-state index contributed by atoms with van der Waals surface area (Å²) in [5.41, 5.74) is 8.16. The molecule has 1 aromatic carbocycles. The Labute approximate surface area is 110 Å². The Hall–Kier alpha value is -1.35. The molecule has 1 fully saturated rings. The molecule has 0 radical (unpaired) electrons. The summed E-state index contributed by atoms with van der Waals surface area (Å²) in [7, 11) is 0. The summed E-state index contributed by atoms with van der Waals surface area (Å²) in [4.78, 5) is 4.58. The molecule has 1 aliphatic carbocycles. The van der Waals surface area contributed by atoms with Crippen LogP contribution in [0.2, 0.25) is 5.02 Å². The van der Waals surface area contributed by atoms with Crippen molar-refractivity contribution in [3.8, 4) is 0 Å². The van der Waals surface area contributed by atoms with E-state index in [1.54, 1.807) is 0 Å². The lowest BCUT2D eigenvalue weighted by atomic mass is 10.0. The second kappa shape index (κ2) is 4.39. The molecule has 18 heavy (non-hydrogen) atoms. The van der Waals surface area contributed by atoms with Crippen LogP contribution in [0.3, 0.4) is 0 Å². The Morgan fingerprint density at radius 2 is 1.94 bits per heavy atom. The average molecular weight is 265 g/mol. The van der Waals surface area contributed by atoms with Gasteiger partial charge in [-0.3, -0.25) is 4.98 Å². The topological polar surface area (TPSA) is 38.9 Å². The molecule has 1 aromatic heterocycles.